The summed E-state index contributed by atoms with van der Waals surface area (Å²) in [6.07, 6.45) is 0.810. The number of fused-ring (bicyclic) bond motifs is 1. The number of H-pyrrole nitrogens is 1. The minimum absolute atomic E-state index is 0.285. The van der Waals surface area contributed by atoms with Crippen LogP contribution in [0.3, 0.4) is 0 Å². The van der Waals surface area contributed by atoms with E-state index in [1.54, 1.807) is 26.2 Å². The van der Waals surface area contributed by atoms with Crippen LogP contribution in [0.25, 0.3) is 0 Å². The molecule has 136 valence electrons. The van der Waals surface area contributed by atoms with Crippen molar-refractivity contribution in [3.8, 4) is 0 Å². The van der Waals surface area contributed by atoms with E-state index in [4.69, 9.17) is 12.2 Å². The molecule has 9 heteroatoms. The number of nitrogens with one attached hydrogen (secondary N) is 1. The number of hydrogen-bond donors (Lipinski definition) is 1. The van der Waals surface area contributed by atoms with Gasteiger partial charge in [-0.3, -0.25) is 5.10 Å². The molecular weight excluding hydrogens is 358 g/mol. The number of hydrogen-bond acceptors (Lipinski definition) is 5. The highest BCUT2D eigenvalue weighted by atomic mass is 32.2. The predicted octanol–water partition coefficient (Wildman–Crippen LogP) is 2.33. The second-order valence-electron chi connectivity index (χ2n) is 6.71. The average molecular weight is 382 g/mol. The number of anilines is 1. The van der Waals surface area contributed by atoms with Gasteiger partial charge in [0.2, 0.25) is 14.8 Å². The van der Waals surface area contributed by atoms with Crippen LogP contribution < -0.4 is 4.90 Å². The number of aromatic amines is 1. The zero-order chi connectivity index (χ0) is 18.4. The van der Waals surface area contributed by atoms with Crippen LogP contribution in [0.2, 0.25) is 0 Å². The average Bonchev–Trinajstić information content (AvgIpc) is 3.11. The third kappa shape index (κ3) is 3.36. The van der Waals surface area contributed by atoms with Crippen molar-refractivity contribution in [2.75, 3.05) is 25.5 Å². The van der Waals surface area contributed by atoms with E-state index < -0.39 is 10.0 Å². The molecule has 3 rings (SSSR count). The minimum atomic E-state index is -3.41. The van der Waals surface area contributed by atoms with Crippen LogP contribution >= 0.6 is 12.2 Å². The Labute approximate surface area is 153 Å². The lowest BCUT2D eigenvalue weighted by Gasteiger charge is -2.20. The van der Waals surface area contributed by atoms with Crippen molar-refractivity contribution < 1.29 is 8.42 Å². The molecule has 0 saturated carbocycles. The fourth-order valence-corrected chi connectivity index (χ4v) is 4.02. The van der Waals surface area contributed by atoms with Gasteiger partial charge in [0.15, 0.2) is 0 Å². The molecular formula is C16H23N5O2S2. The Morgan fingerprint density at radius 1 is 1.36 bits per heavy atom. The molecule has 1 aliphatic rings. The van der Waals surface area contributed by atoms with Gasteiger partial charge in [-0.2, -0.15) is 0 Å². The molecule has 0 radical (unpaired) electrons. The number of rotatable bonds is 5. The lowest BCUT2D eigenvalue weighted by Crippen LogP contribution is -2.25. The zero-order valence-electron chi connectivity index (χ0n) is 14.9. The van der Waals surface area contributed by atoms with E-state index in [2.05, 4.69) is 28.8 Å². The van der Waals surface area contributed by atoms with Crippen molar-refractivity contribution in [3.05, 3.63) is 34.4 Å². The SMILES string of the molecule is CC(C)c1nc(=S)n(CN2CCc3cc(S(=O)(=O)N(C)C)ccc32)[nH]1. The van der Waals surface area contributed by atoms with Crippen LogP contribution in [-0.2, 0) is 23.1 Å². The summed E-state index contributed by atoms with van der Waals surface area (Å²) in [7, 11) is -0.325. The number of nitrogens with zero attached hydrogens (tertiary/aromatic N) is 4. The highest BCUT2D eigenvalue weighted by Gasteiger charge is 2.24. The molecule has 25 heavy (non-hydrogen) atoms. The van der Waals surface area contributed by atoms with E-state index in [9.17, 15) is 8.42 Å². The van der Waals surface area contributed by atoms with Gasteiger partial charge in [0.1, 0.15) is 12.5 Å². The second kappa shape index (κ2) is 6.54. The fourth-order valence-electron chi connectivity index (χ4n) is 2.86. The van der Waals surface area contributed by atoms with Crippen LogP contribution in [0, 0.1) is 4.77 Å². The van der Waals surface area contributed by atoms with Gasteiger partial charge >= 0.3 is 0 Å². The summed E-state index contributed by atoms with van der Waals surface area (Å²) in [4.78, 5) is 6.90. The lowest BCUT2D eigenvalue weighted by molar-refractivity contribution is 0.520. The maximum Gasteiger partial charge on any atom is 0.242 e. The van der Waals surface area contributed by atoms with E-state index in [1.165, 1.54) is 4.31 Å². The molecule has 2 heterocycles. The number of sulfonamides is 1. The minimum Gasteiger partial charge on any atom is -0.352 e. The first-order valence-corrected chi connectivity index (χ1v) is 10.0. The smallest absolute Gasteiger partial charge is 0.242 e. The number of aromatic nitrogens is 3. The van der Waals surface area contributed by atoms with E-state index in [0.717, 1.165) is 30.0 Å². The van der Waals surface area contributed by atoms with Gasteiger partial charge in [-0.1, -0.05) is 13.8 Å². The summed E-state index contributed by atoms with van der Waals surface area (Å²) in [6, 6.07) is 5.32. The first-order chi connectivity index (χ1) is 11.7. The van der Waals surface area contributed by atoms with Crippen molar-refractivity contribution in [2.45, 2.75) is 37.8 Å². The molecule has 1 aromatic heterocycles. The summed E-state index contributed by atoms with van der Waals surface area (Å²) >= 11 is 5.33. The maximum absolute atomic E-state index is 12.3. The molecule has 0 fully saturated rings. The molecule has 1 aliphatic heterocycles. The zero-order valence-corrected chi connectivity index (χ0v) is 16.5. The van der Waals surface area contributed by atoms with Crippen LogP contribution in [0.5, 0.6) is 0 Å². The third-order valence-corrected chi connectivity index (χ3v) is 6.50. The van der Waals surface area contributed by atoms with Crippen molar-refractivity contribution in [3.63, 3.8) is 0 Å². The largest absolute Gasteiger partial charge is 0.352 e. The lowest BCUT2D eigenvalue weighted by atomic mass is 10.2. The van der Waals surface area contributed by atoms with E-state index >= 15 is 0 Å². The van der Waals surface area contributed by atoms with Crippen molar-refractivity contribution in [1.29, 1.82) is 0 Å². The van der Waals surface area contributed by atoms with Crippen molar-refractivity contribution in [1.82, 2.24) is 19.1 Å². The van der Waals surface area contributed by atoms with Crippen molar-refractivity contribution >= 4 is 27.9 Å². The van der Waals surface area contributed by atoms with Gasteiger partial charge in [-0.15, -0.1) is 0 Å². The van der Waals surface area contributed by atoms with Crippen LogP contribution in [0.15, 0.2) is 23.1 Å². The second-order valence-corrected chi connectivity index (χ2v) is 9.22. The first-order valence-electron chi connectivity index (χ1n) is 8.17. The Balaban J connectivity index is 1.87. The van der Waals surface area contributed by atoms with E-state index in [0.29, 0.717) is 16.3 Å². The standard InChI is InChI=1S/C16H23N5O2S2/c1-11(2)15-17-16(24)21(18-15)10-20-8-7-12-9-13(5-6-14(12)20)25(22,23)19(3)4/h5-6,9,11H,7-8,10H2,1-4H3,(H,17,18,24). The van der Waals surface area contributed by atoms with Gasteiger partial charge in [-0.25, -0.2) is 22.4 Å². The van der Waals surface area contributed by atoms with Crippen molar-refractivity contribution in [2.24, 2.45) is 0 Å². The highest BCUT2D eigenvalue weighted by molar-refractivity contribution is 7.89. The fraction of sp³-hybridized carbons (Fsp3) is 0.500. The predicted molar refractivity (Wildman–Crippen MR) is 99.9 cm³/mol. The molecule has 0 saturated heterocycles. The summed E-state index contributed by atoms with van der Waals surface area (Å²) in [6.45, 7) is 5.52. The Kier molecular flexibility index (Phi) is 4.74. The van der Waals surface area contributed by atoms with Gasteiger partial charge in [-0.05, 0) is 42.4 Å². The quantitative estimate of drug-likeness (QED) is 0.805. The molecule has 0 atom stereocenters. The van der Waals surface area contributed by atoms with Crippen LogP contribution in [-0.4, -0.2) is 48.1 Å². The molecule has 0 unspecified atom stereocenters. The Morgan fingerprint density at radius 2 is 2.08 bits per heavy atom. The molecule has 1 N–H and O–H groups in total. The van der Waals surface area contributed by atoms with Crippen LogP contribution in [0.1, 0.15) is 31.2 Å². The van der Waals surface area contributed by atoms with Gasteiger partial charge < -0.3 is 4.90 Å². The van der Waals surface area contributed by atoms with E-state index in [1.807, 2.05) is 10.7 Å². The summed E-state index contributed by atoms with van der Waals surface area (Å²) in [5.74, 6) is 1.16. The highest BCUT2D eigenvalue weighted by Crippen LogP contribution is 2.31. The molecule has 0 amide bonds. The molecule has 0 bridgehead atoms. The van der Waals surface area contributed by atoms with Gasteiger partial charge in [0.25, 0.3) is 0 Å². The Morgan fingerprint density at radius 3 is 2.68 bits per heavy atom. The molecule has 0 spiro atoms. The van der Waals surface area contributed by atoms with Crippen LogP contribution in [0.4, 0.5) is 5.69 Å². The summed E-state index contributed by atoms with van der Waals surface area (Å²) in [5.41, 5.74) is 2.08. The van der Waals surface area contributed by atoms with Gasteiger partial charge in [0.05, 0.1) is 4.90 Å². The third-order valence-electron chi connectivity index (χ3n) is 4.38. The molecule has 0 aliphatic carbocycles. The summed E-state index contributed by atoms with van der Waals surface area (Å²) < 4.78 is 28.2. The molecule has 1 aromatic carbocycles. The topological polar surface area (TPSA) is 74.2 Å². The van der Waals surface area contributed by atoms with E-state index in [-0.39, 0.29) is 5.92 Å². The Bertz CT molecular complexity index is 944. The molecule has 2 aromatic rings. The summed E-state index contributed by atoms with van der Waals surface area (Å²) in [5, 5.41) is 3.25. The monoisotopic (exact) mass is 381 g/mol. The first kappa shape index (κ1) is 18.1. The normalized spacial score (nSPS) is 14.6. The Hall–Kier alpha value is -1.71. The number of benzene rings is 1. The maximum atomic E-state index is 12.3. The molecule has 7 nitrogen and oxygen atoms in total. The van der Waals surface area contributed by atoms with Gasteiger partial charge in [0, 0.05) is 32.2 Å².